The summed E-state index contributed by atoms with van der Waals surface area (Å²) in [6, 6.07) is 8.97. The molecule has 1 aliphatic heterocycles. The number of aryl methyl sites for hydroxylation is 1. The first kappa shape index (κ1) is 15.9. The number of pyridine rings is 1. The Bertz CT molecular complexity index is 704. The number of para-hydroxylation sites is 1. The summed E-state index contributed by atoms with van der Waals surface area (Å²) in [7, 11) is 0. The molecule has 3 N–H and O–H groups in total. The fourth-order valence-corrected chi connectivity index (χ4v) is 4.09. The van der Waals surface area contributed by atoms with E-state index in [4.69, 9.17) is 10.7 Å². The van der Waals surface area contributed by atoms with E-state index in [2.05, 4.69) is 34.5 Å². The van der Waals surface area contributed by atoms with Gasteiger partial charge in [0.15, 0.2) is 0 Å². The van der Waals surface area contributed by atoms with Gasteiger partial charge >= 0.3 is 0 Å². The van der Waals surface area contributed by atoms with Crippen LogP contribution in [0.1, 0.15) is 36.9 Å². The molecule has 0 atom stereocenters. The van der Waals surface area contributed by atoms with E-state index in [9.17, 15) is 0 Å². The topological polar surface area (TPSA) is 54.2 Å². The van der Waals surface area contributed by atoms with E-state index in [-0.39, 0.29) is 0 Å². The molecule has 1 aliphatic carbocycles. The molecular formula is C20H28N4. The molecule has 128 valence electrons. The summed E-state index contributed by atoms with van der Waals surface area (Å²) >= 11 is 0. The first-order chi connectivity index (χ1) is 11.8. The van der Waals surface area contributed by atoms with E-state index in [1.807, 2.05) is 0 Å². The van der Waals surface area contributed by atoms with E-state index < -0.39 is 0 Å². The Labute approximate surface area is 144 Å². The molecule has 1 aromatic heterocycles. The van der Waals surface area contributed by atoms with Crippen molar-refractivity contribution in [3.8, 4) is 0 Å². The van der Waals surface area contributed by atoms with Crippen LogP contribution in [0.4, 0.5) is 5.69 Å². The fourth-order valence-electron chi connectivity index (χ4n) is 4.09. The fraction of sp³-hybridized carbons (Fsp3) is 0.550. The molecule has 1 fully saturated rings. The van der Waals surface area contributed by atoms with Crippen LogP contribution in [0, 0.1) is 0 Å². The molecule has 0 radical (unpaired) electrons. The molecule has 0 amide bonds. The normalized spacial score (nSPS) is 19.4. The summed E-state index contributed by atoms with van der Waals surface area (Å²) in [5.41, 5.74) is 11.2. The molecule has 4 nitrogen and oxygen atoms in total. The summed E-state index contributed by atoms with van der Waals surface area (Å²) in [4.78, 5) is 7.45. The van der Waals surface area contributed by atoms with Gasteiger partial charge in [0.25, 0.3) is 0 Å². The monoisotopic (exact) mass is 324 g/mol. The quantitative estimate of drug-likeness (QED) is 0.908. The van der Waals surface area contributed by atoms with Crippen molar-refractivity contribution < 1.29 is 0 Å². The lowest BCUT2D eigenvalue weighted by Gasteiger charge is -2.30. The number of likely N-dealkylation sites (tertiary alicyclic amines) is 1. The lowest BCUT2D eigenvalue weighted by Crippen LogP contribution is -2.41. The zero-order chi connectivity index (χ0) is 16.4. The average molecular weight is 324 g/mol. The largest absolute Gasteiger partial charge is 0.383 e. The van der Waals surface area contributed by atoms with Crippen molar-refractivity contribution in [3.05, 3.63) is 35.5 Å². The number of aromatic nitrogens is 1. The van der Waals surface area contributed by atoms with Crippen molar-refractivity contribution in [3.63, 3.8) is 0 Å². The minimum atomic E-state index is 0.408. The molecule has 4 rings (SSSR count). The molecule has 0 bridgehead atoms. The zero-order valence-corrected chi connectivity index (χ0v) is 14.4. The van der Waals surface area contributed by atoms with E-state index in [1.54, 1.807) is 0 Å². The van der Waals surface area contributed by atoms with E-state index in [1.165, 1.54) is 35.2 Å². The highest BCUT2D eigenvalue weighted by Crippen LogP contribution is 2.33. The van der Waals surface area contributed by atoms with Crippen molar-refractivity contribution in [2.45, 2.75) is 44.6 Å². The SMILES string of the molecule is NC1CCN(CCNc2c3c(nc4ccccc24)CCCC3)CC1. The van der Waals surface area contributed by atoms with Gasteiger partial charge in [-0.1, -0.05) is 18.2 Å². The second kappa shape index (κ2) is 7.08. The van der Waals surface area contributed by atoms with Crippen molar-refractivity contribution in [2.75, 3.05) is 31.5 Å². The molecule has 2 heterocycles. The van der Waals surface area contributed by atoms with Gasteiger partial charge < -0.3 is 16.0 Å². The van der Waals surface area contributed by atoms with Crippen LogP contribution in [0.2, 0.25) is 0 Å². The summed E-state index contributed by atoms with van der Waals surface area (Å²) in [5.74, 6) is 0. The maximum Gasteiger partial charge on any atom is 0.0726 e. The van der Waals surface area contributed by atoms with Gasteiger partial charge in [-0.2, -0.15) is 0 Å². The number of hydrogen-bond donors (Lipinski definition) is 2. The highest BCUT2D eigenvalue weighted by Gasteiger charge is 2.19. The minimum absolute atomic E-state index is 0.408. The number of piperidine rings is 1. The Hall–Kier alpha value is -1.65. The maximum absolute atomic E-state index is 6.01. The second-order valence-electron chi connectivity index (χ2n) is 7.24. The molecule has 24 heavy (non-hydrogen) atoms. The number of nitrogens with two attached hydrogens (primary N) is 1. The van der Waals surface area contributed by atoms with Crippen LogP contribution in [-0.2, 0) is 12.8 Å². The van der Waals surface area contributed by atoms with Crippen LogP contribution in [-0.4, -0.2) is 42.1 Å². The third-order valence-corrected chi connectivity index (χ3v) is 5.53. The molecule has 1 aromatic carbocycles. The van der Waals surface area contributed by atoms with Crippen molar-refractivity contribution in [1.29, 1.82) is 0 Å². The number of rotatable bonds is 4. The Kier molecular flexibility index (Phi) is 4.67. The highest BCUT2D eigenvalue weighted by molar-refractivity contribution is 5.93. The maximum atomic E-state index is 6.01. The number of fused-ring (bicyclic) bond motifs is 2. The molecule has 2 aliphatic rings. The number of anilines is 1. The smallest absolute Gasteiger partial charge is 0.0726 e. The van der Waals surface area contributed by atoms with Gasteiger partial charge in [0.1, 0.15) is 0 Å². The van der Waals surface area contributed by atoms with Crippen molar-refractivity contribution in [1.82, 2.24) is 9.88 Å². The third kappa shape index (κ3) is 3.26. The standard InChI is InChI=1S/C20H28N4/c21-15-9-12-24(13-10-15)14-11-22-20-16-5-1-3-7-18(16)23-19-8-4-2-6-17(19)20/h1,3,5,7,15H,2,4,6,8-14,21H2,(H,22,23). The van der Waals surface area contributed by atoms with E-state index in [0.717, 1.165) is 57.4 Å². The van der Waals surface area contributed by atoms with Crippen LogP contribution in [0.5, 0.6) is 0 Å². The Morgan fingerprint density at radius 1 is 1.12 bits per heavy atom. The van der Waals surface area contributed by atoms with Gasteiger partial charge in [0.2, 0.25) is 0 Å². The average Bonchev–Trinajstić information content (AvgIpc) is 2.63. The number of nitrogens with zero attached hydrogens (tertiary/aromatic N) is 2. The van der Waals surface area contributed by atoms with Crippen LogP contribution < -0.4 is 11.1 Å². The van der Waals surface area contributed by atoms with Crippen LogP contribution in [0.3, 0.4) is 0 Å². The number of nitrogens with one attached hydrogen (secondary N) is 1. The first-order valence-corrected chi connectivity index (χ1v) is 9.43. The van der Waals surface area contributed by atoms with E-state index >= 15 is 0 Å². The summed E-state index contributed by atoms with van der Waals surface area (Å²) in [6.07, 6.45) is 7.10. The molecule has 0 spiro atoms. The lowest BCUT2D eigenvalue weighted by atomic mass is 9.92. The van der Waals surface area contributed by atoms with Gasteiger partial charge in [-0.3, -0.25) is 4.98 Å². The minimum Gasteiger partial charge on any atom is -0.383 e. The van der Waals surface area contributed by atoms with Gasteiger partial charge in [0.05, 0.1) is 5.52 Å². The van der Waals surface area contributed by atoms with Gasteiger partial charge in [0, 0.05) is 35.9 Å². The van der Waals surface area contributed by atoms with Crippen LogP contribution in [0.15, 0.2) is 24.3 Å². The Morgan fingerprint density at radius 3 is 2.79 bits per heavy atom. The number of benzene rings is 1. The summed E-state index contributed by atoms with van der Waals surface area (Å²) < 4.78 is 0. The lowest BCUT2D eigenvalue weighted by molar-refractivity contribution is 0.220. The Balaban J connectivity index is 1.52. The molecule has 1 saturated heterocycles. The molecular weight excluding hydrogens is 296 g/mol. The first-order valence-electron chi connectivity index (χ1n) is 9.43. The van der Waals surface area contributed by atoms with Crippen molar-refractivity contribution in [2.24, 2.45) is 5.73 Å². The highest BCUT2D eigenvalue weighted by atomic mass is 15.1. The predicted octanol–water partition coefficient (Wildman–Crippen LogP) is 2.95. The molecule has 0 saturated carbocycles. The van der Waals surface area contributed by atoms with Crippen LogP contribution >= 0.6 is 0 Å². The van der Waals surface area contributed by atoms with Crippen LogP contribution in [0.25, 0.3) is 10.9 Å². The zero-order valence-electron chi connectivity index (χ0n) is 14.4. The summed E-state index contributed by atoms with van der Waals surface area (Å²) in [6.45, 7) is 4.37. The van der Waals surface area contributed by atoms with E-state index in [0.29, 0.717) is 6.04 Å². The molecule has 0 unspecified atom stereocenters. The van der Waals surface area contributed by atoms with Crippen molar-refractivity contribution >= 4 is 16.6 Å². The molecule has 2 aromatic rings. The van der Waals surface area contributed by atoms with Gasteiger partial charge in [-0.25, -0.2) is 0 Å². The Morgan fingerprint density at radius 2 is 1.92 bits per heavy atom. The van der Waals surface area contributed by atoms with Gasteiger partial charge in [-0.05, 0) is 63.2 Å². The van der Waals surface area contributed by atoms with Gasteiger partial charge in [-0.15, -0.1) is 0 Å². The second-order valence-corrected chi connectivity index (χ2v) is 7.24. The third-order valence-electron chi connectivity index (χ3n) is 5.53. The number of hydrogen-bond acceptors (Lipinski definition) is 4. The molecule has 4 heteroatoms. The summed E-state index contributed by atoms with van der Waals surface area (Å²) in [5, 5.41) is 5.04. The predicted molar refractivity (Wildman–Crippen MR) is 101 cm³/mol.